The van der Waals surface area contributed by atoms with Gasteiger partial charge < -0.3 is 4.74 Å². The molecule has 0 amide bonds. The molecule has 2 nitrogen and oxygen atoms in total. The number of hydrogen-bond donors (Lipinski definition) is 1. The van der Waals surface area contributed by atoms with Gasteiger partial charge in [0.05, 0.1) is 6.61 Å². The highest BCUT2D eigenvalue weighted by atomic mass is 32.1. The summed E-state index contributed by atoms with van der Waals surface area (Å²) < 4.78 is 4.91. The molecule has 0 unspecified atom stereocenters. The van der Waals surface area contributed by atoms with E-state index < -0.39 is 0 Å². The van der Waals surface area contributed by atoms with E-state index in [0.717, 1.165) is 18.6 Å². The first-order valence-corrected chi connectivity index (χ1v) is 10.4. The lowest BCUT2D eigenvalue weighted by Gasteiger charge is -2.01. The Kier molecular flexibility index (Phi) is 19.2. The predicted octanol–water partition coefficient (Wildman–Crippen LogP) is 6.50. The largest absolute Gasteiger partial charge is 0.466 e. The van der Waals surface area contributed by atoms with E-state index in [9.17, 15) is 4.79 Å². The zero-order valence-electron chi connectivity index (χ0n) is 15.2. The average molecular weight is 343 g/mol. The molecule has 0 spiro atoms. The molecule has 23 heavy (non-hydrogen) atoms. The van der Waals surface area contributed by atoms with Crippen LogP contribution in [0.15, 0.2) is 12.2 Å². The van der Waals surface area contributed by atoms with Gasteiger partial charge in [0.25, 0.3) is 0 Å². The normalized spacial score (nSPS) is 11.2. The van der Waals surface area contributed by atoms with Gasteiger partial charge in [0, 0.05) is 6.42 Å². The van der Waals surface area contributed by atoms with Crippen molar-refractivity contribution in [3.8, 4) is 0 Å². The van der Waals surface area contributed by atoms with Gasteiger partial charge in [0.1, 0.15) is 0 Å². The van der Waals surface area contributed by atoms with Gasteiger partial charge in [-0.15, -0.1) is 0 Å². The van der Waals surface area contributed by atoms with E-state index in [-0.39, 0.29) is 5.97 Å². The number of ether oxygens (including phenoxy) is 1. The topological polar surface area (TPSA) is 26.3 Å². The second-order valence-corrected chi connectivity index (χ2v) is 6.66. The highest BCUT2D eigenvalue weighted by Crippen LogP contribution is 2.10. The van der Waals surface area contributed by atoms with Gasteiger partial charge >= 0.3 is 5.97 Å². The second-order valence-electron chi connectivity index (χ2n) is 6.22. The summed E-state index contributed by atoms with van der Waals surface area (Å²) in [5.41, 5.74) is 0. The third kappa shape index (κ3) is 19.5. The Morgan fingerprint density at radius 3 is 1.78 bits per heavy atom. The van der Waals surface area contributed by atoms with Crippen LogP contribution in [0, 0.1) is 0 Å². The maximum atomic E-state index is 11.2. The molecule has 0 radical (unpaired) electrons. The summed E-state index contributed by atoms with van der Waals surface area (Å²) in [5.74, 6) is 0.992. The van der Waals surface area contributed by atoms with E-state index in [2.05, 4.69) is 24.8 Å². The molecule has 0 aliphatic carbocycles. The zero-order chi connectivity index (χ0) is 17.0. The standard InChI is InChI=1S/C20H38O2S/c1-2-22-20(21)18-16-14-12-10-8-6-4-3-5-7-9-11-13-15-17-19-23/h3-4,23H,2,5-19H2,1H3/b4-3-. The van der Waals surface area contributed by atoms with Gasteiger partial charge in [-0.3, -0.25) is 4.79 Å². The minimum absolute atomic E-state index is 0.0443. The van der Waals surface area contributed by atoms with E-state index in [0.29, 0.717) is 13.0 Å². The number of carbonyl (C=O) groups excluding carboxylic acids is 1. The lowest BCUT2D eigenvalue weighted by atomic mass is 10.1. The lowest BCUT2D eigenvalue weighted by molar-refractivity contribution is -0.143. The molecule has 0 aromatic carbocycles. The maximum Gasteiger partial charge on any atom is 0.305 e. The first-order valence-electron chi connectivity index (χ1n) is 9.72. The van der Waals surface area contributed by atoms with Crippen molar-refractivity contribution in [2.45, 2.75) is 96.8 Å². The van der Waals surface area contributed by atoms with Gasteiger partial charge in [0.2, 0.25) is 0 Å². The van der Waals surface area contributed by atoms with Crippen LogP contribution in [0.2, 0.25) is 0 Å². The monoisotopic (exact) mass is 342 g/mol. The summed E-state index contributed by atoms with van der Waals surface area (Å²) in [4.78, 5) is 11.2. The molecule has 0 saturated carbocycles. The Morgan fingerprint density at radius 2 is 1.26 bits per heavy atom. The van der Waals surface area contributed by atoms with Crippen molar-refractivity contribution in [1.82, 2.24) is 0 Å². The number of unbranched alkanes of at least 4 members (excludes halogenated alkanes) is 11. The molecule has 0 atom stereocenters. The molecule has 0 heterocycles. The minimum atomic E-state index is -0.0443. The fraction of sp³-hybridized carbons (Fsp3) is 0.850. The minimum Gasteiger partial charge on any atom is -0.466 e. The van der Waals surface area contributed by atoms with Crippen LogP contribution < -0.4 is 0 Å². The van der Waals surface area contributed by atoms with Crippen LogP contribution >= 0.6 is 12.6 Å². The number of hydrogen-bond acceptors (Lipinski definition) is 3. The van der Waals surface area contributed by atoms with Crippen LogP contribution in [0.4, 0.5) is 0 Å². The summed E-state index contributed by atoms with van der Waals surface area (Å²) in [5, 5.41) is 0. The molecule has 0 fully saturated rings. The fourth-order valence-corrected chi connectivity index (χ4v) is 2.84. The molecule has 3 heteroatoms. The molecule has 0 bridgehead atoms. The SMILES string of the molecule is CCOC(=O)CCCCCCC/C=C\CCCCCCCCS. The van der Waals surface area contributed by atoms with E-state index in [1.807, 2.05) is 6.92 Å². The van der Waals surface area contributed by atoms with Crippen LogP contribution in [-0.4, -0.2) is 18.3 Å². The Bertz CT molecular complexity index is 277. The summed E-state index contributed by atoms with van der Waals surface area (Å²) in [6.07, 6.45) is 21.7. The Hall–Kier alpha value is -0.440. The lowest BCUT2D eigenvalue weighted by Crippen LogP contribution is -2.03. The summed E-state index contributed by atoms with van der Waals surface area (Å²) in [6.45, 7) is 2.36. The van der Waals surface area contributed by atoms with Crippen molar-refractivity contribution < 1.29 is 9.53 Å². The highest BCUT2D eigenvalue weighted by Gasteiger charge is 2.00. The van der Waals surface area contributed by atoms with Crippen LogP contribution in [0.1, 0.15) is 96.8 Å². The molecule has 0 N–H and O–H groups in total. The van der Waals surface area contributed by atoms with Crippen LogP contribution in [0.5, 0.6) is 0 Å². The quantitative estimate of drug-likeness (QED) is 0.141. The third-order valence-electron chi connectivity index (χ3n) is 4.00. The molecule has 0 rings (SSSR count). The van der Waals surface area contributed by atoms with Crippen molar-refractivity contribution >= 4 is 18.6 Å². The molecule has 0 aliphatic heterocycles. The van der Waals surface area contributed by atoms with Gasteiger partial charge in [-0.25, -0.2) is 0 Å². The molecular weight excluding hydrogens is 304 g/mol. The Labute approximate surface area is 149 Å². The van der Waals surface area contributed by atoms with Crippen molar-refractivity contribution in [3.63, 3.8) is 0 Å². The van der Waals surface area contributed by atoms with Gasteiger partial charge in [-0.1, -0.05) is 57.1 Å². The van der Waals surface area contributed by atoms with E-state index in [4.69, 9.17) is 4.74 Å². The first kappa shape index (κ1) is 22.6. The van der Waals surface area contributed by atoms with E-state index in [1.54, 1.807) is 0 Å². The van der Waals surface area contributed by atoms with Gasteiger partial charge in [-0.05, 0) is 51.2 Å². The van der Waals surface area contributed by atoms with Crippen LogP contribution in [0.25, 0.3) is 0 Å². The van der Waals surface area contributed by atoms with Gasteiger partial charge in [0.15, 0.2) is 0 Å². The number of rotatable bonds is 17. The van der Waals surface area contributed by atoms with Crippen LogP contribution in [0.3, 0.4) is 0 Å². The molecule has 0 saturated heterocycles. The van der Waals surface area contributed by atoms with E-state index >= 15 is 0 Å². The Balaban J connectivity index is 3.12. The summed E-state index contributed by atoms with van der Waals surface area (Å²) in [7, 11) is 0. The zero-order valence-corrected chi connectivity index (χ0v) is 16.1. The summed E-state index contributed by atoms with van der Waals surface area (Å²) in [6, 6.07) is 0. The van der Waals surface area contributed by atoms with Crippen LogP contribution in [-0.2, 0) is 9.53 Å². The predicted molar refractivity (Wildman–Crippen MR) is 104 cm³/mol. The fourth-order valence-electron chi connectivity index (χ4n) is 2.61. The third-order valence-corrected chi connectivity index (χ3v) is 4.32. The first-order chi connectivity index (χ1) is 11.3. The number of esters is 1. The average Bonchev–Trinajstić information content (AvgIpc) is 2.54. The Morgan fingerprint density at radius 1 is 0.783 bits per heavy atom. The van der Waals surface area contributed by atoms with Crippen molar-refractivity contribution in [1.29, 1.82) is 0 Å². The number of thiol groups is 1. The van der Waals surface area contributed by atoms with E-state index in [1.165, 1.54) is 70.6 Å². The van der Waals surface area contributed by atoms with Crippen molar-refractivity contribution in [2.75, 3.05) is 12.4 Å². The van der Waals surface area contributed by atoms with Crippen molar-refractivity contribution in [3.05, 3.63) is 12.2 Å². The highest BCUT2D eigenvalue weighted by molar-refractivity contribution is 7.80. The van der Waals surface area contributed by atoms with Crippen molar-refractivity contribution in [2.24, 2.45) is 0 Å². The second kappa shape index (κ2) is 19.6. The maximum absolute atomic E-state index is 11.2. The summed E-state index contributed by atoms with van der Waals surface area (Å²) >= 11 is 4.23. The molecule has 136 valence electrons. The molecule has 0 aromatic heterocycles. The van der Waals surface area contributed by atoms with Gasteiger partial charge in [-0.2, -0.15) is 12.6 Å². The molecule has 0 aliphatic rings. The molecular formula is C20H38O2S. The smallest absolute Gasteiger partial charge is 0.305 e. The molecule has 0 aromatic rings. The number of carbonyl (C=O) groups is 1. The number of allylic oxidation sites excluding steroid dienone is 2.